The molecule has 0 aliphatic rings. The van der Waals surface area contributed by atoms with Crippen LogP contribution in [-0.4, -0.2) is 9.55 Å². The lowest BCUT2D eigenvalue weighted by Crippen LogP contribution is -1.99. The van der Waals surface area contributed by atoms with Crippen molar-refractivity contribution in [3.8, 4) is 0 Å². The molecule has 0 unspecified atom stereocenters. The Labute approximate surface area is 136 Å². The Morgan fingerprint density at radius 2 is 1.95 bits per heavy atom. The van der Waals surface area contributed by atoms with Gasteiger partial charge in [-0.2, -0.15) is 0 Å². The van der Waals surface area contributed by atoms with Crippen LogP contribution in [0.1, 0.15) is 16.7 Å². The van der Waals surface area contributed by atoms with E-state index in [-0.39, 0.29) is 0 Å². The Kier molecular flexibility index (Phi) is 4.45. The minimum absolute atomic E-state index is 0.742. The smallest absolute Gasteiger partial charge is 0.102 e. The average Bonchev–Trinajstić information content (AvgIpc) is 3.03. The van der Waals surface area contributed by atoms with Gasteiger partial charge in [0.05, 0.1) is 5.70 Å². The molecule has 0 saturated heterocycles. The molecule has 0 fully saturated rings. The molecule has 0 radical (unpaired) electrons. The van der Waals surface area contributed by atoms with Gasteiger partial charge >= 0.3 is 0 Å². The van der Waals surface area contributed by atoms with Gasteiger partial charge in [0.2, 0.25) is 0 Å². The van der Waals surface area contributed by atoms with Gasteiger partial charge in [-0.1, -0.05) is 35.9 Å². The lowest BCUT2D eigenvalue weighted by molar-refractivity contribution is 1.04. The molecule has 0 N–H and O–H groups in total. The van der Waals surface area contributed by atoms with Gasteiger partial charge in [-0.25, -0.2) is 4.98 Å². The third-order valence-corrected chi connectivity index (χ3v) is 3.92. The van der Waals surface area contributed by atoms with Crippen LogP contribution in [0, 0.1) is 6.92 Å². The molecule has 0 atom stereocenters. The molecule has 2 aromatic heterocycles. The van der Waals surface area contributed by atoms with Gasteiger partial charge in [0.1, 0.15) is 5.03 Å². The van der Waals surface area contributed by atoms with Gasteiger partial charge in [-0.15, -0.1) is 12.6 Å². The molecule has 1 aromatic carbocycles. The SMILES string of the molecule is Cc1cccc(C/C=C(/c2cccnc2S)n2cccc2)c1. The summed E-state index contributed by atoms with van der Waals surface area (Å²) in [5.74, 6) is 0. The molecule has 22 heavy (non-hydrogen) atoms. The molecule has 0 aliphatic carbocycles. The molecule has 110 valence electrons. The summed E-state index contributed by atoms with van der Waals surface area (Å²) in [5.41, 5.74) is 4.72. The van der Waals surface area contributed by atoms with Gasteiger partial charge in [0.25, 0.3) is 0 Å². The van der Waals surface area contributed by atoms with Crippen molar-refractivity contribution >= 4 is 18.3 Å². The Balaban J connectivity index is 1.99. The molecule has 0 amide bonds. The zero-order chi connectivity index (χ0) is 15.4. The van der Waals surface area contributed by atoms with Crippen molar-refractivity contribution in [2.24, 2.45) is 0 Å². The number of aryl methyl sites for hydroxylation is 1. The van der Waals surface area contributed by atoms with Gasteiger partial charge in [0, 0.05) is 24.2 Å². The first kappa shape index (κ1) is 14.7. The van der Waals surface area contributed by atoms with Gasteiger partial charge < -0.3 is 4.57 Å². The van der Waals surface area contributed by atoms with Crippen LogP contribution in [0.25, 0.3) is 5.70 Å². The zero-order valence-electron chi connectivity index (χ0n) is 12.5. The third-order valence-electron chi connectivity index (χ3n) is 3.56. The van der Waals surface area contributed by atoms with E-state index >= 15 is 0 Å². The number of thiol groups is 1. The monoisotopic (exact) mass is 306 g/mol. The number of benzene rings is 1. The van der Waals surface area contributed by atoms with E-state index in [4.69, 9.17) is 0 Å². The molecule has 2 heterocycles. The van der Waals surface area contributed by atoms with E-state index < -0.39 is 0 Å². The molecule has 0 saturated carbocycles. The highest BCUT2D eigenvalue weighted by molar-refractivity contribution is 7.80. The first-order chi connectivity index (χ1) is 10.7. The number of pyridine rings is 1. The Morgan fingerprint density at radius 1 is 1.14 bits per heavy atom. The second-order valence-electron chi connectivity index (χ2n) is 5.25. The quantitative estimate of drug-likeness (QED) is 0.697. The van der Waals surface area contributed by atoms with E-state index in [0.29, 0.717) is 0 Å². The second kappa shape index (κ2) is 6.67. The van der Waals surface area contributed by atoms with E-state index in [1.807, 2.05) is 30.6 Å². The summed E-state index contributed by atoms with van der Waals surface area (Å²) >= 11 is 4.50. The topological polar surface area (TPSA) is 17.8 Å². The van der Waals surface area contributed by atoms with E-state index in [1.165, 1.54) is 11.1 Å². The highest BCUT2D eigenvalue weighted by Gasteiger charge is 2.07. The summed E-state index contributed by atoms with van der Waals surface area (Å²) in [4.78, 5) is 4.29. The van der Waals surface area contributed by atoms with E-state index in [9.17, 15) is 0 Å². The predicted octanol–water partition coefficient (Wildman–Crippen LogP) is 4.61. The van der Waals surface area contributed by atoms with Crippen LogP contribution in [0.4, 0.5) is 0 Å². The number of hydrogen-bond donors (Lipinski definition) is 1. The lowest BCUT2D eigenvalue weighted by Gasteiger charge is -2.11. The first-order valence-corrected chi connectivity index (χ1v) is 7.72. The van der Waals surface area contributed by atoms with E-state index in [0.717, 1.165) is 22.7 Å². The van der Waals surface area contributed by atoms with Gasteiger partial charge in [-0.05, 0) is 43.2 Å². The number of rotatable bonds is 4. The molecular weight excluding hydrogens is 288 g/mol. The van der Waals surface area contributed by atoms with Crippen LogP contribution in [0.5, 0.6) is 0 Å². The molecule has 3 heteroatoms. The number of nitrogens with zero attached hydrogens (tertiary/aromatic N) is 2. The highest BCUT2D eigenvalue weighted by atomic mass is 32.1. The fraction of sp³-hybridized carbons (Fsp3) is 0.105. The van der Waals surface area contributed by atoms with Crippen LogP contribution in [-0.2, 0) is 6.42 Å². The predicted molar refractivity (Wildman–Crippen MR) is 94.2 cm³/mol. The molecule has 0 bridgehead atoms. The van der Waals surface area contributed by atoms with Crippen molar-refractivity contribution in [1.29, 1.82) is 0 Å². The Morgan fingerprint density at radius 3 is 2.68 bits per heavy atom. The number of hydrogen-bond acceptors (Lipinski definition) is 2. The molecule has 2 nitrogen and oxygen atoms in total. The van der Waals surface area contributed by atoms with Crippen molar-refractivity contribution < 1.29 is 0 Å². The van der Waals surface area contributed by atoms with Crippen molar-refractivity contribution in [3.63, 3.8) is 0 Å². The molecule has 3 aromatic rings. The first-order valence-electron chi connectivity index (χ1n) is 7.27. The van der Waals surface area contributed by atoms with Crippen molar-refractivity contribution in [1.82, 2.24) is 9.55 Å². The minimum Gasteiger partial charge on any atom is -0.323 e. The van der Waals surface area contributed by atoms with Crippen LogP contribution >= 0.6 is 12.6 Å². The normalized spacial score (nSPS) is 11.6. The maximum Gasteiger partial charge on any atom is 0.102 e. The minimum atomic E-state index is 0.742. The van der Waals surface area contributed by atoms with Gasteiger partial charge in [-0.3, -0.25) is 0 Å². The van der Waals surface area contributed by atoms with Crippen LogP contribution < -0.4 is 0 Å². The van der Waals surface area contributed by atoms with Crippen LogP contribution in [0.15, 0.2) is 78.2 Å². The maximum atomic E-state index is 4.50. The van der Waals surface area contributed by atoms with Crippen molar-refractivity contribution in [2.75, 3.05) is 0 Å². The fourth-order valence-corrected chi connectivity index (χ4v) is 2.76. The number of aromatic nitrogens is 2. The molecule has 0 aliphatic heterocycles. The van der Waals surface area contributed by atoms with E-state index in [2.05, 4.69) is 65.5 Å². The highest BCUT2D eigenvalue weighted by Crippen LogP contribution is 2.23. The van der Waals surface area contributed by atoms with E-state index in [1.54, 1.807) is 6.20 Å². The summed E-state index contributed by atoms with van der Waals surface area (Å²) in [7, 11) is 0. The standard InChI is InChI=1S/C19H18N2S/c1-15-6-4-7-16(14-15)9-10-18(21-12-2-3-13-21)17-8-5-11-20-19(17)22/h2-8,10-14H,9H2,1H3,(H,20,22)/b18-10-. The zero-order valence-corrected chi connectivity index (χ0v) is 13.4. The summed E-state index contributed by atoms with van der Waals surface area (Å²) < 4.78 is 2.10. The fourth-order valence-electron chi connectivity index (χ4n) is 2.50. The van der Waals surface area contributed by atoms with Crippen molar-refractivity contribution in [3.05, 3.63) is 89.9 Å². The Bertz CT molecular complexity index is 789. The maximum absolute atomic E-state index is 4.50. The molecule has 0 spiro atoms. The summed E-state index contributed by atoms with van der Waals surface area (Å²) in [5, 5.41) is 0.742. The summed E-state index contributed by atoms with van der Waals surface area (Å²) in [6.07, 6.45) is 8.95. The molecule has 3 rings (SSSR count). The van der Waals surface area contributed by atoms with Crippen molar-refractivity contribution in [2.45, 2.75) is 18.4 Å². The second-order valence-corrected chi connectivity index (χ2v) is 5.67. The number of allylic oxidation sites excluding steroid dienone is 1. The van der Waals surface area contributed by atoms with Crippen LogP contribution in [0.3, 0.4) is 0 Å². The summed E-state index contributed by atoms with van der Waals surface area (Å²) in [6.45, 7) is 2.12. The lowest BCUT2D eigenvalue weighted by atomic mass is 10.1. The third kappa shape index (κ3) is 3.31. The van der Waals surface area contributed by atoms with Crippen LogP contribution in [0.2, 0.25) is 0 Å². The molecular formula is C19H18N2S. The largest absolute Gasteiger partial charge is 0.323 e. The summed E-state index contributed by atoms with van der Waals surface area (Å²) in [6, 6.07) is 16.6. The Hall–Kier alpha value is -2.26. The average molecular weight is 306 g/mol. The van der Waals surface area contributed by atoms with Gasteiger partial charge in [0.15, 0.2) is 0 Å².